The summed E-state index contributed by atoms with van der Waals surface area (Å²) in [6, 6.07) is 10.4. The maximum atomic E-state index is 12.2. The number of amides is 2. The lowest BCUT2D eigenvalue weighted by molar-refractivity contribution is -0.134. The van der Waals surface area contributed by atoms with Crippen LogP contribution in [-0.2, 0) is 16.1 Å². The van der Waals surface area contributed by atoms with E-state index in [0.717, 1.165) is 25.4 Å². The van der Waals surface area contributed by atoms with Gasteiger partial charge in [0.2, 0.25) is 11.8 Å². The first-order valence-electron chi connectivity index (χ1n) is 8.18. The van der Waals surface area contributed by atoms with Crippen molar-refractivity contribution in [2.24, 2.45) is 0 Å². The molecule has 1 aromatic carbocycles. The van der Waals surface area contributed by atoms with Crippen LogP contribution in [0, 0.1) is 0 Å². The Morgan fingerprint density at radius 1 is 1.17 bits per heavy atom. The lowest BCUT2D eigenvalue weighted by atomic mass is 10.2. The average Bonchev–Trinajstić information content (AvgIpc) is 2.61. The Morgan fingerprint density at radius 2 is 1.88 bits per heavy atom. The molecule has 1 fully saturated rings. The SMILES string of the molecule is C=CCSCC(=O)NCC(=O)N1CCN(Cc2ccccc2)CC1. The number of nitrogens with one attached hydrogen (secondary N) is 1. The van der Waals surface area contributed by atoms with Gasteiger partial charge < -0.3 is 10.2 Å². The molecule has 0 saturated carbocycles. The summed E-state index contributed by atoms with van der Waals surface area (Å²) in [5.41, 5.74) is 1.29. The molecule has 1 aromatic rings. The molecule has 0 bridgehead atoms. The Kier molecular flexibility index (Phi) is 7.85. The van der Waals surface area contributed by atoms with Gasteiger partial charge in [-0.05, 0) is 5.56 Å². The monoisotopic (exact) mass is 347 g/mol. The summed E-state index contributed by atoms with van der Waals surface area (Å²) in [6.07, 6.45) is 1.76. The molecule has 130 valence electrons. The van der Waals surface area contributed by atoms with Crippen molar-refractivity contribution in [3.63, 3.8) is 0 Å². The molecule has 24 heavy (non-hydrogen) atoms. The topological polar surface area (TPSA) is 52.7 Å². The number of nitrogens with zero attached hydrogens (tertiary/aromatic N) is 2. The Balaban J connectivity index is 1.65. The number of thioether (sulfide) groups is 1. The fourth-order valence-electron chi connectivity index (χ4n) is 2.57. The van der Waals surface area contributed by atoms with E-state index in [1.807, 2.05) is 23.1 Å². The van der Waals surface area contributed by atoms with E-state index in [9.17, 15) is 9.59 Å². The third-order valence-corrected chi connectivity index (χ3v) is 4.82. The zero-order valence-corrected chi connectivity index (χ0v) is 14.8. The summed E-state index contributed by atoms with van der Waals surface area (Å²) in [5, 5.41) is 2.69. The molecule has 2 amide bonds. The predicted octanol–water partition coefficient (Wildman–Crippen LogP) is 1.37. The normalized spacial score (nSPS) is 15.1. The standard InChI is InChI=1S/C18H25N3O2S/c1-2-12-24-15-17(22)19-13-18(23)21-10-8-20(9-11-21)14-16-6-4-3-5-7-16/h2-7H,1,8-15H2,(H,19,22). The molecule has 6 heteroatoms. The van der Waals surface area contributed by atoms with Gasteiger partial charge in [-0.3, -0.25) is 14.5 Å². The van der Waals surface area contributed by atoms with Crippen LogP contribution in [0.5, 0.6) is 0 Å². The van der Waals surface area contributed by atoms with Gasteiger partial charge in [-0.2, -0.15) is 0 Å². The summed E-state index contributed by atoms with van der Waals surface area (Å²) in [4.78, 5) is 28.0. The van der Waals surface area contributed by atoms with Crippen LogP contribution < -0.4 is 5.32 Å². The summed E-state index contributed by atoms with van der Waals surface area (Å²) >= 11 is 1.49. The third-order valence-electron chi connectivity index (χ3n) is 3.88. The molecule has 1 saturated heterocycles. The Labute approximate surface area is 148 Å². The van der Waals surface area contributed by atoms with Gasteiger partial charge in [0.1, 0.15) is 0 Å². The van der Waals surface area contributed by atoms with Gasteiger partial charge in [-0.25, -0.2) is 0 Å². The molecule has 1 aliphatic rings. The summed E-state index contributed by atoms with van der Waals surface area (Å²) in [6.45, 7) is 7.77. The Bertz CT molecular complexity index is 542. The highest BCUT2D eigenvalue weighted by Gasteiger charge is 2.21. The minimum Gasteiger partial charge on any atom is -0.346 e. The van der Waals surface area contributed by atoms with Crippen LogP contribution in [0.4, 0.5) is 0 Å². The molecule has 1 N–H and O–H groups in total. The third kappa shape index (κ3) is 6.37. The largest absolute Gasteiger partial charge is 0.346 e. The number of piperazine rings is 1. The molecule has 0 aliphatic carbocycles. The molecular weight excluding hydrogens is 322 g/mol. The second-order valence-electron chi connectivity index (χ2n) is 5.72. The lowest BCUT2D eigenvalue weighted by Gasteiger charge is -2.34. The zero-order valence-electron chi connectivity index (χ0n) is 13.9. The van der Waals surface area contributed by atoms with E-state index in [0.29, 0.717) is 18.8 Å². The van der Waals surface area contributed by atoms with Crippen molar-refractivity contribution in [2.45, 2.75) is 6.54 Å². The summed E-state index contributed by atoms with van der Waals surface area (Å²) in [5.74, 6) is 1.00. The number of hydrogen-bond donors (Lipinski definition) is 1. The molecule has 1 heterocycles. The second kappa shape index (κ2) is 10.2. The van der Waals surface area contributed by atoms with Crippen LogP contribution in [0.15, 0.2) is 43.0 Å². The molecule has 0 unspecified atom stereocenters. The van der Waals surface area contributed by atoms with Gasteiger partial charge in [0.25, 0.3) is 0 Å². The van der Waals surface area contributed by atoms with Crippen LogP contribution in [0.3, 0.4) is 0 Å². The van der Waals surface area contributed by atoms with Crippen LogP contribution in [-0.4, -0.2) is 65.8 Å². The summed E-state index contributed by atoms with van der Waals surface area (Å²) in [7, 11) is 0. The molecule has 5 nitrogen and oxygen atoms in total. The van der Waals surface area contributed by atoms with E-state index in [-0.39, 0.29) is 18.4 Å². The van der Waals surface area contributed by atoms with Crippen LogP contribution in [0.25, 0.3) is 0 Å². The maximum absolute atomic E-state index is 12.2. The second-order valence-corrected chi connectivity index (χ2v) is 6.75. The van der Waals surface area contributed by atoms with Crippen LogP contribution >= 0.6 is 11.8 Å². The predicted molar refractivity (Wildman–Crippen MR) is 98.8 cm³/mol. The highest BCUT2D eigenvalue weighted by molar-refractivity contribution is 8.00. The van der Waals surface area contributed by atoms with Crippen molar-refractivity contribution in [3.8, 4) is 0 Å². The summed E-state index contributed by atoms with van der Waals surface area (Å²) < 4.78 is 0. The minimum atomic E-state index is -0.0992. The number of benzene rings is 1. The van der Waals surface area contributed by atoms with E-state index in [1.54, 1.807) is 6.08 Å². The molecule has 0 atom stereocenters. The molecule has 0 aromatic heterocycles. The van der Waals surface area contributed by atoms with E-state index in [1.165, 1.54) is 17.3 Å². The fraction of sp³-hybridized carbons (Fsp3) is 0.444. The number of carbonyl (C=O) groups is 2. The average molecular weight is 347 g/mol. The zero-order chi connectivity index (χ0) is 17.2. The van der Waals surface area contributed by atoms with Crippen molar-refractivity contribution in [1.82, 2.24) is 15.1 Å². The van der Waals surface area contributed by atoms with Crippen molar-refractivity contribution in [2.75, 3.05) is 44.2 Å². The van der Waals surface area contributed by atoms with Crippen LogP contribution in [0.2, 0.25) is 0 Å². The molecular formula is C18H25N3O2S. The van der Waals surface area contributed by atoms with Gasteiger partial charge in [0.15, 0.2) is 0 Å². The van der Waals surface area contributed by atoms with Gasteiger partial charge >= 0.3 is 0 Å². The van der Waals surface area contributed by atoms with Crippen molar-refractivity contribution in [3.05, 3.63) is 48.6 Å². The van der Waals surface area contributed by atoms with Crippen molar-refractivity contribution < 1.29 is 9.59 Å². The molecule has 0 spiro atoms. The maximum Gasteiger partial charge on any atom is 0.242 e. The van der Waals surface area contributed by atoms with Crippen LogP contribution in [0.1, 0.15) is 5.56 Å². The van der Waals surface area contributed by atoms with E-state index in [2.05, 4.69) is 28.9 Å². The Hall–Kier alpha value is -1.79. The smallest absolute Gasteiger partial charge is 0.242 e. The first-order valence-corrected chi connectivity index (χ1v) is 9.34. The van der Waals surface area contributed by atoms with E-state index >= 15 is 0 Å². The fourth-order valence-corrected chi connectivity index (χ4v) is 3.14. The highest BCUT2D eigenvalue weighted by Crippen LogP contribution is 2.08. The molecule has 2 rings (SSSR count). The highest BCUT2D eigenvalue weighted by atomic mass is 32.2. The number of carbonyl (C=O) groups excluding carboxylic acids is 2. The lowest BCUT2D eigenvalue weighted by Crippen LogP contribution is -2.51. The van der Waals surface area contributed by atoms with Crippen molar-refractivity contribution >= 4 is 23.6 Å². The van der Waals surface area contributed by atoms with Crippen molar-refractivity contribution in [1.29, 1.82) is 0 Å². The minimum absolute atomic E-state index is 0.00330. The van der Waals surface area contributed by atoms with Gasteiger partial charge in [0, 0.05) is 38.5 Å². The number of hydrogen-bond acceptors (Lipinski definition) is 4. The van der Waals surface area contributed by atoms with Gasteiger partial charge in [-0.15, -0.1) is 18.3 Å². The molecule has 0 radical (unpaired) electrons. The van der Waals surface area contributed by atoms with Gasteiger partial charge in [-0.1, -0.05) is 36.4 Å². The Morgan fingerprint density at radius 3 is 2.54 bits per heavy atom. The molecule has 1 aliphatic heterocycles. The van der Waals surface area contributed by atoms with Gasteiger partial charge in [0.05, 0.1) is 12.3 Å². The first kappa shape index (κ1) is 18.5. The first-order chi connectivity index (χ1) is 11.7. The quantitative estimate of drug-likeness (QED) is 0.570. The van der Waals surface area contributed by atoms with E-state index in [4.69, 9.17) is 0 Å². The van der Waals surface area contributed by atoms with E-state index < -0.39 is 0 Å². The number of rotatable bonds is 8.